The molecule has 0 aliphatic heterocycles. The lowest BCUT2D eigenvalue weighted by Gasteiger charge is -2.29. The van der Waals surface area contributed by atoms with Gasteiger partial charge in [-0.3, -0.25) is 4.90 Å². The number of hydrogen-bond acceptors (Lipinski definition) is 4. The summed E-state index contributed by atoms with van der Waals surface area (Å²) in [5.41, 5.74) is 0. The van der Waals surface area contributed by atoms with E-state index in [2.05, 4.69) is 24.1 Å². The zero-order valence-corrected chi connectivity index (χ0v) is 12.9. The Bertz CT molecular complexity index is 167. The Morgan fingerprint density at radius 2 is 1.50 bits per heavy atom. The van der Waals surface area contributed by atoms with Crippen LogP contribution in [0.2, 0.25) is 0 Å². The fourth-order valence-corrected chi connectivity index (χ4v) is 1.88. The van der Waals surface area contributed by atoms with Crippen LogP contribution in [-0.2, 0) is 9.47 Å². The molecular formula is C14H32N2O2. The third kappa shape index (κ3) is 8.86. The van der Waals surface area contributed by atoms with Gasteiger partial charge in [-0.1, -0.05) is 13.8 Å². The minimum Gasteiger partial charge on any atom is -0.380 e. The molecule has 0 saturated carbocycles. The van der Waals surface area contributed by atoms with Crippen molar-refractivity contribution in [1.82, 2.24) is 10.2 Å². The molecule has 0 bridgehead atoms. The highest BCUT2D eigenvalue weighted by Crippen LogP contribution is 2.04. The highest BCUT2D eigenvalue weighted by atomic mass is 16.5. The highest BCUT2D eigenvalue weighted by molar-refractivity contribution is 4.73. The summed E-state index contributed by atoms with van der Waals surface area (Å²) in [4.78, 5) is 2.42. The van der Waals surface area contributed by atoms with Crippen LogP contribution in [-0.4, -0.2) is 64.1 Å². The molecule has 0 aromatic heterocycles. The molecule has 110 valence electrons. The molecule has 0 aliphatic carbocycles. The topological polar surface area (TPSA) is 33.7 Å². The summed E-state index contributed by atoms with van der Waals surface area (Å²) in [6, 6.07) is 0.522. The Labute approximate surface area is 113 Å². The van der Waals surface area contributed by atoms with Crippen LogP contribution in [0.3, 0.4) is 0 Å². The van der Waals surface area contributed by atoms with Crippen LogP contribution in [0.4, 0.5) is 0 Å². The van der Waals surface area contributed by atoms with E-state index in [1.807, 2.05) is 20.9 Å². The highest BCUT2D eigenvalue weighted by Gasteiger charge is 2.15. The van der Waals surface area contributed by atoms with Crippen LogP contribution in [0.25, 0.3) is 0 Å². The Kier molecular flexibility index (Phi) is 11.8. The van der Waals surface area contributed by atoms with Gasteiger partial charge in [0, 0.05) is 38.9 Å². The van der Waals surface area contributed by atoms with Gasteiger partial charge in [-0.2, -0.15) is 0 Å². The maximum Gasteiger partial charge on any atom is 0.0593 e. The summed E-state index contributed by atoms with van der Waals surface area (Å²) < 4.78 is 10.9. The average Bonchev–Trinajstić information content (AvgIpc) is 2.35. The molecule has 0 aromatic rings. The van der Waals surface area contributed by atoms with Crippen LogP contribution >= 0.6 is 0 Å². The van der Waals surface area contributed by atoms with Crippen molar-refractivity contribution in [2.45, 2.75) is 33.7 Å². The van der Waals surface area contributed by atoms with Crippen molar-refractivity contribution in [1.29, 1.82) is 0 Å². The Morgan fingerprint density at radius 1 is 1.00 bits per heavy atom. The molecule has 0 saturated heterocycles. The van der Waals surface area contributed by atoms with Gasteiger partial charge in [0.15, 0.2) is 0 Å². The summed E-state index contributed by atoms with van der Waals surface area (Å²) >= 11 is 0. The minimum atomic E-state index is 0.522. The Morgan fingerprint density at radius 3 is 1.83 bits per heavy atom. The lowest BCUT2D eigenvalue weighted by atomic mass is 10.0. The lowest BCUT2D eigenvalue weighted by molar-refractivity contribution is 0.0760. The van der Waals surface area contributed by atoms with Gasteiger partial charge in [0.1, 0.15) is 0 Å². The summed E-state index contributed by atoms with van der Waals surface area (Å²) in [5, 5.41) is 3.39. The molecular weight excluding hydrogens is 228 g/mol. The number of nitrogens with one attached hydrogen (secondary N) is 1. The van der Waals surface area contributed by atoms with Gasteiger partial charge in [-0.15, -0.1) is 0 Å². The van der Waals surface area contributed by atoms with Crippen molar-refractivity contribution in [2.75, 3.05) is 53.1 Å². The van der Waals surface area contributed by atoms with Gasteiger partial charge in [0.25, 0.3) is 0 Å². The van der Waals surface area contributed by atoms with Crippen LogP contribution in [0.1, 0.15) is 27.7 Å². The standard InChI is InChI=1S/C14H32N2O2/c1-6-17-10-8-16(9-11-18-7-2)12-14(15-5)13(3)4/h13-15H,6-12H2,1-5H3. The van der Waals surface area contributed by atoms with Crippen molar-refractivity contribution >= 4 is 0 Å². The number of nitrogens with zero attached hydrogens (tertiary/aromatic N) is 1. The van der Waals surface area contributed by atoms with Crippen molar-refractivity contribution in [3.63, 3.8) is 0 Å². The van der Waals surface area contributed by atoms with E-state index in [4.69, 9.17) is 9.47 Å². The van der Waals surface area contributed by atoms with E-state index in [1.165, 1.54) is 0 Å². The van der Waals surface area contributed by atoms with E-state index in [0.717, 1.165) is 46.1 Å². The number of ether oxygens (including phenoxy) is 2. The van der Waals surface area contributed by atoms with Crippen LogP contribution in [0.5, 0.6) is 0 Å². The maximum absolute atomic E-state index is 5.44. The van der Waals surface area contributed by atoms with Crippen LogP contribution in [0.15, 0.2) is 0 Å². The second-order valence-corrected chi connectivity index (χ2v) is 4.83. The Balaban J connectivity index is 4.07. The van der Waals surface area contributed by atoms with Crippen LogP contribution < -0.4 is 5.32 Å². The van der Waals surface area contributed by atoms with Crippen molar-refractivity contribution in [3.05, 3.63) is 0 Å². The first-order chi connectivity index (χ1) is 8.65. The molecule has 4 nitrogen and oxygen atoms in total. The van der Waals surface area contributed by atoms with E-state index in [-0.39, 0.29) is 0 Å². The van der Waals surface area contributed by atoms with E-state index in [1.54, 1.807) is 0 Å². The molecule has 0 heterocycles. The minimum absolute atomic E-state index is 0.522. The predicted molar refractivity (Wildman–Crippen MR) is 77.1 cm³/mol. The van der Waals surface area contributed by atoms with E-state index in [0.29, 0.717) is 12.0 Å². The smallest absolute Gasteiger partial charge is 0.0593 e. The summed E-state index contributed by atoms with van der Waals surface area (Å²) in [7, 11) is 2.04. The zero-order valence-electron chi connectivity index (χ0n) is 12.9. The van der Waals surface area contributed by atoms with Crippen molar-refractivity contribution in [2.24, 2.45) is 5.92 Å². The van der Waals surface area contributed by atoms with Gasteiger partial charge < -0.3 is 14.8 Å². The molecule has 0 fully saturated rings. The largest absolute Gasteiger partial charge is 0.380 e. The first-order valence-corrected chi connectivity index (χ1v) is 7.20. The summed E-state index contributed by atoms with van der Waals surface area (Å²) in [6.07, 6.45) is 0. The zero-order chi connectivity index (χ0) is 13.8. The molecule has 18 heavy (non-hydrogen) atoms. The molecule has 1 unspecified atom stereocenters. The maximum atomic E-state index is 5.44. The normalized spacial score (nSPS) is 13.5. The summed E-state index contributed by atoms with van der Waals surface area (Å²) in [5.74, 6) is 0.636. The molecule has 0 amide bonds. The fourth-order valence-electron chi connectivity index (χ4n) is 1.88. The summed E-state index contributed by atoms with van der Waals surface area (Å²) in [6.45, 7) is 14.8. The molecule has 4 heteroatoms. The van der Waals surface area contributed by atoms with Gasteiger partial charge in [0.2, 0.25) is 0 Å². The molecule has 1 N–H and O–H groups in total. The first kappa shape index (κ1) is 17.8. The SMILES string of the molecule is CCOCCN(CCOCC)CC(NC)C(C)C. The van der Waals surface area contributed by atoms with E-state index < -0.39 is 0 Å². The van der Waals surface area contributed by atoms with Gasteiger partial charge in [-0.25, -0.2) is 0 Å². The van der Waals surface area contributed by atoms with E-state index >= 15 is 0 Å². The Hall–Kier alpha value is -0.160. The quantitative estimate of drug-likeness (QED) is 0.541. The fraction of sp³-hybridized carbons (Fsp3) is 1.00. The number of likely N-dealkylation sites (N-methyl/N-ethyl adjacent to an activating group) is 1. The van der Waals surface area contributed by atoms with Gasteiger partial charge in [-0.05, 0) is 26.8 Å². The van der Waals surface area contributed by atoms with Crippen LogP contribution in [0, 0.1) is 5.92 Å². The molecule has 1 atom stereocenters. The first-order valence-electron chi connectivity index (χ1n) is 7.20. The second-order valence-electron chi connectivity index (χ2n) is 4.83. The monoisotopic (exact) mass is 260 g/mol. The van der Waals surface area contributed by atoms with Crippen molar-refractivity contribution in [3.8, 4) is 0 Å². The second kappa shape index (κ2) is 11.9. The predicted octanol–water partition coefficient (Wildman–Crippen LogP) is 1.61. The van der Waals surface area contributed by atoms with Crippen molar-refractivity contribution < 1.29 is 9.47 Å². The average molecular weight is 260 g/mol. The molecule has 0 rings (SSSR count). The number of hydrogen-bond donors (Lipinski definition) is 1. The van der Waals surface area contributed by atoms with Gasteiger partial charge in [0.05, 0.1) is 13.2 Å². The molecule has 0 radical (unpaired) electrons. The molecule has 0 aliphatic rings. The van der Waals surface area contributed by atoms with E-state index in [9.17, 15) is 0 Å². The third-order valence-electron chi connectivity index (χ3n) is 3.14. The molecule has 0 spiro atoms. The lowest BCUT2D eigenvalue weighted by Crippen LogP contribution is -2.44. The molecule has 0 aromatic carbocycles. The third-order valence-corrected chi connectivity index (χ3v) is 3.14. The number of rotatable bonds is 12. The van der Waals surface area contributed by atoms with Gasteiger partial charge >= 0.3 is 0 Å².